The number of fused-ring (bicyclic) bond motifs is 1. The third-order valence-corrected chi connectivity index (χ3v) is 1.24. The van der Waals surface area contributed by atoms with Gasteiger partial charge < -0.3 is 4.98 Å². The number of aromatic nitrogens is 1. The van der Waals surface area contributed by atoms with Gasteiger partial charge >= 0.3 is 0 Å². The standard InChI is InChI=1S/C5H6N2O/c1-2-6-5-4(1)3-8-7-5/h1-2,6-7H,3H2. The molecule has 1 aromatic rings. The van der Waals surface area contributed by atoms with Gasteiger partial charge in [-0.2, -0.15) is 0 Å². The van der Waals surface area contributed by atoms with Crippen molar-refractivity contribution in [1.82, 2.24) is 4.98 Å². The Kier molecular flexibility index (Phi) is 0.625. The van der Waals surface area contributed by atoms with Crippen molar-refractivity contribution in [3.05, 3.63) is 17.8 Å². The van der Waals surface area contributed by atoms with Gasteiger partial charge in [-0.25, -0.2) is 0 Å². The van der Waals surface area contributed by atoms with Crippen LogP contribution in [0.4, 0.5) is 5.82 Å². The van der Waals surface area contributed by atoms with Crippen LogP contribution in [0.5, 0.6) is 0 Å². The van der Waals surface area contributed by atoms with Crippen molar-refractivity contribution in [3.63, 3.8) is 0 Å². The smallest absolute Gasteiger partial charge is 0.133 e. The van der Waals surface area contributed by atoms with Crippen LogP contribution in [0.3, 0.4) is 0 Å². The first-order chi connectivity index (χ1) is 3.97. The molecule has 2 heterocycles. The van der Waals surface area contributed by atoms with E-state index in [-0.39, 0.29) is 0 Å². The van der Waals surface area contributed by atoms with E-state index in [9.17, 15) is 0 Å². The van der Waals surface area contributed by atoms with Crippen molar-refractivity contribution in [2.75, 3.05) is 5.48 Å². The van der Waals surface area contributed by atoms with Crippen LogP contribution in [-0.4, -0.2) is 4.98 Å². The Morgan fingerprint density at radius 1 is 1.62 bits per heavy atom. The number of rotatable bonds is 0. The molecule has 8 heavy (non-hydrogen) atoms. The molecule has 0 amide bonds. The summed E-state index contributed by atoms with van der Waals surface area (Å²) >= 11 is 0. The van der Waals surface area contributed by atoms with Crippen molar-refractivity contribution in [2.45, 2.75) is 6.61 Å². The van der Waals surface area contributed by atoms with Gasteiger partial charge in [0, 0.05) is 11.8 Å². The highest BCUT2D eigenvalue weighted by Gasteiger charge is 2.09. The molecule has 0 saturated heterocycles. The van der Waals surface area contributed by atoms with Gasteiger partial charge in [0.15, 0.2) is 0 Å². The van der Waals surface area contributed by atoms with E-state index in [2.05, 4.69) is 10.5 Å². The van der Waals surface area contributed by atoms with Crippen LogP contribution in [0, 0.1) is 0 Å². The number of aromatic amines is 1. The summed E-state index contributed by atoms with van der Waals surface area (Å²) < 4.78 is 0. The maximum absolute atomic E-state index is 4.87. The van der Waals surface area contributed by atoms with Gasteiger partial charge in [0.05, 0.1) is 0 Å². The van der Waals surface area contributed by atoms with Crippen LogP contribution in [0.25, 0.3) is 0 Å². The van der Waals surface area contributed by atoms with Gasteiger partial charge in [0.2, 0.25) is 0 Å². The molecule has 0 fully saturated rings. The van der Waals surface area contributed by atoms with Crippen LogP contribution in [0.1, 0.15) is 5.56 Å². The lowest BCUT2D eigenvalue weighted by Gasteiger charge is -1.88. The molecule has 0 radical (unpaired) electrons. The molecule has 1 aliphatic rings. The first-order valence-corrected chi connectivity index (χ1v) is 2.51. The summed E-state index contributed by atoms with van der Waals surface area (Å²) in [6.07, 6.45) is 1.89. The molecular formula is C5H6N2O. The number of hydrogen-bond acceptors (Lipinski definition) is 2. The van der Waals surface area contributed by atoms with Crippen molar-refractivity contribution < 1.29 is 4.84 Å². The SMILES string of the molecule is c1cc2c([nH]1)NOC2. The second-order valence-electron chi connectivity index (χ2n) is 1.77. The Labute approximate surface area is 46.6 Å². The van der Waals surface area contributed by atoms with E-state index in [1.54, 1.807) is 0 Å². The van der Waals surface area contributed by atoms with Crippen LogP contribution in [-0.2, 0) is 11.4 Å². The van der Waals surface area contributed by atoms with E-state index < -0.39 is 0 Å². The first kappa shape index (κ1) is 3.97. The summed E-state index contributed by atoms with van der Waals surface area (Å²) in [6.45, 7) is 0.679. The van der Waals surface area contributed by atoms with E-state index in [0.29, 0.717) is 6.61 Å². The van der Waals surface area contributed by atoms with E-state index in [1.165, 1.54) is 5.56 Å². The fraction of sp³-hybridized carbons (Fsp3) is 0.200. The molecule has 0 saturated carbocycles. The van der Waals surface area contributed by atoms with Gasteiger partial charge in [-0.3, -0.25) is 10.3 Å². The Bertz CT molecular complexity index is 176. The monoisotopic (exact) mass is 110 g/mol. The third-order valence-electron chi connectivity index (χ3n) is 1.24. The van der Waals surface area contributed by atoms with Gasteiger partial charge in [0.1, 0.15) is 12.4 Å². The summed E-state index contributed by atoms with van der Waals surface area (Å²) in [6, 6.07) is 2.00. The quantitative estimate of drug-likeness (QED) is 0.520. The molecule has 0 aliphatic carbocycles. The lowest BCUT2D eigenvalue weighted by molar-refractivity contribution is 0.201. The zero-order chi connectivity index (χ0) is 5.40. The van der Waals surface area contributed by atoms with Crippen molar-refractivity contribution in [3.8, 4) is 0 Å². The van der Waals surface area contributed by atoms with Gasteiger partial charge in [-0.05, 0) is 6.07 Å². The lowest BCUT2D eigenvalue weighted by Crippen LogP contribution is -1.88. The molecule has 0 unspecified atom stereocenters. The molecule has 1 aromatic heterocycles. The number of H-pyrrole nitrogens is 1. The second kappa shape index (κ2) is 1.26. The van der Waals surface area contributed by atoms with Crippen LogP contribution < -0.4 is 5.48 Å². The predicted octanol–water partition coefficient (Wildman–Crippen LogP) is 0.872. The minimum atomic E-state index is 0.679. The van der Waals surface area contributed by atoms with Crippen molar-refractivity contribution in [1.29, 1.82) is 0 Å². The average molecular weight is 110 g/mol. The van der Waals surface area contributed by atoms with Gasteiger partial charge in [-0.1, -0.05) is 0 Å². The van der Waals surface area contributed by atoms with Gasteiger partial charge in [0.25, 0.3) is 0 Å². The molecule has 2 N–H and O–H groups in total. The van der Waals surface area contributed by atoms with Crippen LogP contribution >= 0.6 is 0 Å². The van der Waals surface area contributed by atoms with Crippen molar-refractivity contribution in [2.24, 2.45) is 0 Å². The Balaban J connectivity index is 2.54. The van der Waals surface area contributed by atoms with Crippen LogP contribution in [0.15, 0.2) is 12.3 Å². The highest BCUT2D eigenvalue weighted by atomic mass is 16.7. The maximum Gasteiger partial charge on any atom is 0.133 e. The summed E-state index contributed by atoms with van der Waals surface area (Å²) in [7, 11) is 0. The Hall–Kier alpha value is -0.960. The molecule has 3 nitrogen and oxygen atoms in total. The molecule has 2 rings (SSSR count). The van der Waals surface area contributed by atoms with E-state index >= 15 is 0 Å². The summed E-state index contributed by atoms with van der Waals surface area (Å²) in [4.78, 5) is 7.86. The lowest BCUT2D eigenvalue weighted by atomic mass is 10.3. The zero-order valence-corrected chi connectivity index (χ0v) is 4.27. The van der Waals surface area contributed by atoms with E-state index in [4.69, 9.17) is 4.84 Å². The largest absolute Gasteiger partial charge is 0.347 e. The number of anilines is 1. The summed E-state index contributed by atoms with van der Waals surface area (Å²) in [5.41, 5.74) is 3.92. The zero-order valence-electron chi connectivity index (χ0n) is 4.27. The fourth-order valence-electron chi connectivity index (χ4n) is 0.803. The third kappa shape index (κ3) is 0.364. The minimum Gasteiger partial charge on any atom is -0.347 e. The molecule has 0 spiro atoms. The summed E-state index contributed by atoms with van der Waals surface area (Å²) in [5, 5.41) is 0. The molecule has 0 atom stereocenters. The highest BCUT2D eigenvalue weighted by Crippen LogP contribution is 2.19. The number of hydrogen-bond donors (Lipinski definition) is 2. The minimum absolute atomic E-state index is 0.679. The topological polar surface area (TPSA) is 37.0 Å². The summed E-state index contributed by atoms with van der Waals surface area (Å²) in [5.74, 6) is 0.991. The molecular weight excluding hydrogens is 104 g/mol. The Morgan fingerprint density at radius 3 is 3.50 bits per heavy atom. The molecule has 42 valence electrons. The number of nitrogens with one attached hydrogen (secondary N) is 2. The van der Waals surface area contributed by atoms with Gasteiger partial charge in [-0.15, -0.1) is 0 Å². The van der Waals surface area contributed by atoms with Crippen molar-refractivity contribution >= 4 is 5.82 Å². The maximum atomic E-state index is 4.87. The second-order valence-corrected chi connectivity index (χ2v) is 1.77. The van der Waals surface area contributed by atoms with E-state index in [1.807, 2.05) is 12.3 Å². The molecule has 0 aromatic carbocycles. The molecule has 1 aliphatic heterocycles. The average Bonchev–Trinajstić information content (AvgIpc) is 2.15. The fourth-order valence-corrected chi connectivity index (χ4v) is 0.803. The van der Waals surface area contributed by atoms with Crippen LogP contribution in [0.2, 0.25) is 0 Å². The predicted molar refractivity (Wildman–Crippen MR) is 29.2 cm³/mol. The highest BCUT2D eigenvalue weighted by molar-refractivity contribution is 5.44. The first-order valence-electron chi connectivity index (χ1n) is 2.51. The Morgan fingerprint density at radius 2 is 2.62 bits per heavy atom. The van der Waals surface area contributed by atoms with E-state index in [0.717, 1.165) is 5.82 Å². The normalized spacial score (nSPS) is 15.5. The molecule has 0 bridgehead atoms. The molecule has 3 heteroatoms.